The number of halogens is 1. The number of aliphatic hydroxyl groups is 1. The molecule has 2 aromatic rings. The van der Waals surface area contributed by atoms with Crippen LogP contribution < -0.4 is 4.74 Å². The summed E-state index contributed by atoms with van der Waals surface area (Å²) in [5.74, 6) is -0.794. The molecule has 0 bridgehead atoms. The van der Waals surface area contributed by atoms with E-state index in [1.54, 1.807) is 36.3 Å². The van der Waals surface area contributed by atoms with Crippen molar-refractivity contribution in [3.63, 3.8) is 0 Å². The van der Waals surface area contributed by atoms with Gasteiger partial charge in [-0.3, -0.25) is 9.59 Å². The van der Waals surface area contributed by atoms with Gasteiger partial charge in [0.1, 0.15) is 11.5 Å². The van der Waals surface area contributed by atoms with Crippen LogP contribution in [0.25, 0.3) is 5.76 Å². The molecular formula is C23H25BrN2O4. The molecule has 0 saturated carbocycles. The van der Waals surface area contributed by atoms with Crippen LogP contribution >= 0.6 is 15.9 Å². The average Bonchev–Trinajstić information content (AvgIpc) is 2.98. The average molecular weight is 473 g/mol. The number of ketones is 1. The molecule has 0 aromatic heterocycles. The Morgan fingerprint density at radius 3 is 2.30 bits per heavy atom. The van der Waals surface area contributed by atoms with E-state index in [2.05, 4.69) is 15.9 Å². The zero-order valence-electron chi connectivity index (χ0n) is 17.3. The van der Waals surface area contributed by atoms with Crippen molar-refractivity contribution >= 4 is 33.4 Å². The molecule has 7 heteroatoms. The van der Waals surface area contributed by atoms with Gasteiger partial charge in [-0.05, 0) is 69.0 Å². The summed E-state index contributed by atoms with van der Waals surface area (Å²) in [6.45, 7) is 1.21. The van der Waals surface area contributed by atoms with Crippen molar-refractivity contribution < 1.29 is 19.4 Å². The van der Waals surface area contributed by atoms with Gasteiger partial charge in [-0.1, -0.05) is 28.1 Å². The summed E-state index contributed by atoms with van der Waals surface area (Å²) in [6.07, 6.45) is 0.718. The summed E-state index contributed by atoms with van der Waals surface area (Å²) in [5, 5.41) is 11.0. The van der Waals surface area contributed by atoms with Gasteiger partial charge >= 0.3 is 0 Å². The zero-order valence-corrected chi connectivity index (χ0v) is 18.8. The minimum Gasteiger partial charge on any atom is -0.507 e. The van der Waals surface area contributed by atoms with Crippen LogP contribution in [0.3, 0.4) is 0 Å². The molecule has 0 spiro atoms. The van der Waals surface area contributed by atoms with Crippen LogP contribution in [0.2, 0.25) is 0 Å². The first-order chi connectivity index (χ1) is 14.3. The number of hydrogen-bond donors (Lipinski definition) is 1. The van der Waals surface area contributed by atoms with Gasteiger partial charge < -0.3 is 19.6 Å². The highest BCUT2D eigenvalue weighted by molar-refractivity contribution is 9.10. The molecule has 1 N–H and O–H groups in total. The maximum absolute atomic E-state index is 12.9. The highest BCUT2D eigenvalue weighted by atomic mass is 79.9. The van der Waals surface area contributed by atoms with Crippen LogP contribution in [-0.4, -0.2) is 60.9 Å². The van der Waals surface area contributed by atoms with Crippen molar-refractivity contribution in [2.24, 2.45) is 0 Å². The van der Waals surface area contributed by atoms with E-state index in [1.165, 1.54) is 0 Å². The molecule has 1 saturated heterocycles. The van der Waals surface area contributed by atoms with Crippen molar-refractivity contribution in [1.29, 1.82) is 0 Å². The molecule has 6 nitrogen and oxygen atoms in total. The third-order valence-corrected chi connectivity index (χ3v) is 5.62. The second-order valence-electron chi connectivity index (χ2n) is 7.43. The lowest BCUT2D eigenvalue weighted by molar-refractivity contribution is -0.139. The molecule has 1 aliphatic heterocycles. The van der Waals surface area contributed by atoms with Gasteiger partial charge in [0.05, 0.1) is 18.7 Å². The highest BCUT2D eigenvalue weighted by Crippen LogP contribution is 2.39. The number of ether oxygens (including phenoxy) is 1. The molecular weight excluding hydrogens is 448 g/mol. The summed E-state index contributed by atoms with van der Waals surface area (Å²) in [6, 6.07) is 13.6. The van der Waals surface area contributed by atoms with E-state index in [-0.39, 0.29) is 11.3 Å². The summed E-state index contributed by atoms with van der Waals surface area (Å²) in [5.41, 5.74) is 1.35. The van der Waals surface area contributed by atoms with Gasteiger partial charge in [-0.15, -0.1) is 0 Å². The SMILES string of the molecule is COc1ccc(/C(O)=C2\C(=O)C(=O)N(CCCN(C)C)[C@H]2c2ccc(Br)cc2)cc1. The number of carbonyl (C=O) groups excluding carboxylic acids is 2. The first-order valence-corrected chi connectivity index (χ1v) is 10.5. The maximum atomic E-state index is 12.9. The Balaban J connectivity index is 2.06. The monoisotopic (exact) mass is 472 g/mol. The molecule has 2 aromatic carbocycles. The van der Waals surface area contributed by atoms with Gasteiger partial charge in [0, 0.05) is 16.6 Å². The lowest BCUT2D eigenvalue weighted by atomic mass is 9.95. The molecule has 1 fully saturated rings. The van der Waals surface area contributed by atoms with Gasteiger partial charge in [-0.2, -0.15) is 0 Å². The van der Waals surface area contributed by atoms with E-state index in [9.17, 15) is 14.7 Å². The van der Waals surface area contributed by atoms with Gasteiger partial charge in [-0.25, -0.2) is 0 Å². The fourth-order valence-corrected chi connectivity index (χ4v) is 3.83. The standard InChI is InChI=1S/C23H25BrN2O4/c1-25(2)13-4-14-26-20(15-5-9-17(24)10-6-15)19(22(28)23(26)29)21(27)16-7-11-18(30-3)12-8-16/h5-12,20,27H,4,13-14H2,1-3H3/b21-19+/t20-/m0/s1. The van der Waals surface area contributed by atoms with E-state index < -0.39 is 17.7 Å². The number of Topliss-reactive ketones (excluding diaryl/α,β-unsaturated/α-hetero) is 1. The molecule has 1 aliphatic rings. The van der Waals surface area contributed by atoms with Gasteiger partial charge in [0.25, 0.3) is 11.7 Å². The highest BCUT2D eigenvalue weighted by Gasteiger charge is 2.45. The molecule has 3 rings (SSSR count). The number of carbonyl (C=O) groups is 2. The van der Waals surface area contributed by atoms with E-state index in [1.807, 2.05) is 43.3 Å². The van der Waals surface area contributed by atoms with Crippen LogP contribution in [0.1, 0.15) is 23.6 Å². The predicted molar refractivity (Wildman–Crippen MR) is 119 cm³/mol. The molecule has 158 valence electrons. The van der Waals surface area contributed by atoms with Crippen LogP contribution in [0, 0.1) is 0 Å². The number of nitrogens with zero attached hydrogens (tertiary/aromatic N) is 2. The minimum atomic E-state index is -0.666. The van der Waals surface area contributed by atoms with E-state index in [0.29, 0.717) is 17.9 Å². The van der Waals surface area contributed by atoms with E-state index in [4.69, 9.17) is 4.74 Å². The van der Waals surface area contributed by atoms with Crippen molar-refractivity contribution in [1.82, 2.24) is 9.80 Å². The molecule has 0 unspecified atom stereocenters. The Bertz CT molecular complexity index is 952. The van der Waals surface area contributed by atoms with Crippen molar-refractivity contribution in [2.45, 2.75) is 12.5 Å². The first-order valence-electron chi connectivity index (χ1n) is 9.66. The summed E-state index contributed by atoms with van der Waals surface area (Å²) >= 11 is 3.42. The van der Waals surface area contributed by atoms with E-state index >= 15 is 0 Å². The number of likely N-dealkylation sites (tertiary alicyclic amines) is 1. The number of hydrogen-bond acceptors (Lipinski definition) is 5. The van der Waals surface area contributed by atoms with Crippen molar-refractivity contribution in [3.8, 4) is 5.75 Å². The second-order valence-corrected chi connectivity index (χ2v) is 8.35. The normalized spacial score (nSPS) is 18.3. The van der Waals surface area contributed by atoms with Crippen LogP contribution in [0.5, 0.6) is 5.75 Å². The lowest BCUT2D eigenvalue weighted by Crippen LogP contribution is -2.32. The molecule has 0 aliphatic carbocycles. The number of rotatable bonds is 7. The fourth-order valence-electron chi connectivity index (χ4n) is 3.56. The molecule has 1 heterocycles. The molecule has 0 radical (unpaired) electrons. The lowest BCUT2D eigenvalue weighted by Gasteiger charge is -2.26. The molecule has 30 heavy (non-hydrogen) atoms. The summed E-state index contributed by atoms with van der Waals surface area (Å²) in [4.78, 5) is 29.4. The van der Waals surface area contributed by atoms with Crippen LogP contribution in [0.4, 0.5) is 0 Å². The van der Waals surface area contributed by atoms with Crippen molar-refractivity contribution in [2.75, 3.05) is 34.3 Å². The smallest absolute Gasteiger partial charge is 0.295 e. The number of amides is 1. The quantitative estimate of drug-likeness (QED) is 0.376. The number of methoxy groups -OCH3 is 1. The third-order valence-electron chi connectivity index (χ3n) is 5.09. The predicted octanol–water partition coefficient (Wildman–Crippen LogP) is 3.83. The Hall–Kier alpha value is -2.64. The second kappa shape index (κ2) is 9.45. The van der Waals surface area contributed by atoms with Gasteiger partial charge in [0.2, 0.25) is 0 Å². The number of aliphatic hydroxyl groups excluding tert-OH is 1. The summed E-state index contributed by atoms with van der Waals surface area (Å²) in [7, 11) is 5.48. The Kier molecular flexibility index (Phi) is 6.95. The van der Waals surface area contributed by atoms with Gasteiger partial charge in [0.15, 0.2) is 0 Å². The van der Waals surface area contributed by atoms with Crippen molar-refractivity contribution in [3.05, 3.63) is 69.7 Å². The third kappa shape index (κ3) is 4.57. The molecule has 1 amide bonds. The largest absolute Gasteiger partial charge is 0.507 e. The van der Waals surface area contributed by atoms with Crippen LogP contribution in [0.15, 0.2) is 58.6 Å². The summed E-state index contributed by atoms with van der Waals surface area (Å²) < 4.78 is 6.05. The zero-order chi connectivity index (χ0) is 21.8. The fraction of sp³-hybridized carbons (Fsp3) is 0.304. The minimum absolute atomic E-state index is 0.109. The topological polar surface area (TPSA) is 70.1 Å². The number of benzene rings is 2. The molecule has 1 atom stereocenters. The van der Waals surface area contributed by atoms with Crippen LogP contribution in [-0.2, 0) is 9.59 Å². The first kappa shape index (κ1) is 22.1. The Morgan fingerprint density at radius 1 is 1.10 bits per heavy atom. The Labute approximate surface area is 184 Å². The van der Waals surface area contributed by atoms with E-state index in [0.717, 1.165) is 23.0 Å². The maximum Gasteiger partial charge on any atom is 0.295 e. The Morgan fingerprint density at radius 2 is 1.73 bits per heavy atom.